The van der Waals surface area contributed by atoms with Gasteiger partial charge >= 0.3 is 0 Å². The molecule has 0 aliphatic carbocycles. The summed E-state index contributed by atoms with van der Waals surface area (Å²) < 4.78 is 1.01. The lowest BCUT2D eigenvalue weighted by molar-refractivity contribution is -0.118. The number of halogens is 2. The number of hydrogen-bond donors (Lipinski definition) is 0. The number of anilines is 1. The molecule has 1 amide bonds. The third kappa shape index (κ3) is 7.13. The number of thiazole rings is 1. The number of hydrogen-bond acceptors (Lipinski definition) is 5. The average Bonchev–Trinajstić information content (AvgIpc) is 3.14. The minimum absolute atomic E-state index is 0. The fraction of sp³-hybridized carbons (Fsp3) is 0.364. The Morgan fingerprint density at radius 2 is 1.83 bits per heavy atom. The number of thioether (sulfide) groups is 1. The molecule has 162 valence electrons. The van der Waals surface area contributed by atoms with E-state index >= 15 is 0 Å². The topological polar surface area (TPSA) is 36.4 Å². The third-order valence-corrected chi connectivity index (χ3v) is 6.87. The second-order valence-corrected chi connectivity index (χ2v) is 9.63. The van der Waals surface area contributed by atoms with Crippen LogP contribution in [0.1, 0.15) is 19.3 Å². The van der Waals surface area contributed by atoms with E-state index in [1.54, 1.807) is 11.8 Å². The first-order chi connectivity index (χ1) is 14.0. The Morgan fingerprint density at radius 1 is 1.07 bits per heavy atom. The predicted octanol–water partition coefficient (Wildman–Crippen LogP) is 6.23. The summed E-state index contributed by atoms with van der Waals surface area (Å²) in [7, 11) is 4.09. The summed E-state index contributed by atoms with van der Waals surface area (Å²) in [5.41, 5.74) is 0.777. The molecule has 0 saturated heterocycles. The normalized spacial score (nSPS) is 10.9. The number of carbonyl (C=O) groups is 1. The summed E-state index contributed by atoms with van der Waals surface area (Å²) in [5.74, 6) is 1.06. The Bertz CT molecular complexity index is 935. The lowest BCUT2D eigenvalue weighted by atomic mass is 10.3. The van der Waals surface area contributed by atoms with Crippen LogP contribution < -0.4 is 4.90 Å². The molecule has 0 bridgehead atoms. The van der Waals surface area contributed by atoms with Crippen molar-refractivity contribution in [2.45, 2.75) is 24.2 Å². The van der Waals surface area contributed by atoms with Gasteiger partial charge in [0.1, 0.15) is 5.52 Å². The van der Waals surface area contributed by atoms with Crippen LogP contribution in [0.15, 0.2) is 53.4 Å². The molecule has 0 unspecified atom stereocenters. The average molecular weight is 485 g/mol. The van der Waals surface area contributed by atoms with E-state index in [4.69, 9.17) is 11.6 Å². The number of fused-ring (bicyclic) bond motifs is 1. The highest BCUT2D eigenvalue weighted by atomic mass is 35.5. The second kappa shape index (κ2) is 12.5. The maximum absolute atomic E-state index is 13.0. The number of carbonyl (C=O) groups excluding carboxylic acids is 1. The number of benzene rings is 2. The van der Waals surface area contributed by atoms with Crippen molar-refractivity contribution in [2.24, 2.45) is 0 Å². The van der Waals surface area contributed by atoms with Gasteiger partial charge in [-0.15, -0.1) is 24.2 Å². The molecule has 0 atom stereocenters. The Balaban J connectivity index is 0.00000320. The van der Waals surface area contributed by atoms with E-state index in [0.29, 0.717) is 18.0 Å². The molecule has 0 fully saturated rings. The van der Waals surface area contributed by atoms with Gasteiger partial charge in [0.25, 0.3) is 0 Å². The van der Waals surface area contributed by atoms with E-state index in [1.807, 2.05) is 55.4 Å². The van der Waals surface area contributed by atoms with Gasteiger partial charge < -0.3 is 4.90 Å². The highest BCUT2D eigenvalue weighted by Gasteiger charge is 2.20. The van der Waals surface area contributed by atoms with Crippen molar-refractivity contribution in [3.05, 3.63) is 53.6 Å². The Labute approximate surface area is 198 Å². The maximum Gasteiger partial charge on any atom is 0.228 e. The maximum atomic E-state index is 13.0. The van der Waals surface area contributed by atoms with Crippen LogP contribution in [0.25, 0.3) is 10.2 Å². The monoisotopic (exact) mass is 483 g/mol. The zero-order valence-corrected chi connectivity index (χ0v) is 20.4. The molecule has 4 nitrogen and oxygen atoms in total. The van der Waals surface area contributed by atoms with Crippen LogP contribution in [-0.4, -0.2) is 48.7 Å². The molecule has 0 radical (unpaired) electrons. The third-order valence-electron chi connectivity index (χ3n) is 4.42. The molecular formula is C22H27Cl2N3OS2. The van der Waals surface area contributed by atoms with Gasteiger partial charge in [-0.1, -0.05) is 47.2 Å². The molecule has 1 heterocycles. The minimum atomic E-state index is 0. The van der Waals surface area contributed by atoms with Crippen molar-refractivity contribution < 1.29 is 4.79 Å². The van der Waals surface area contributed by atoms with Crippen LogP contribution >= 0.6 is 47.1 Å². The lowest BCUT2D eigenvalue weighted by Gasteiger charge is -2.21. The molecule has 0 saturated carbocycles. The van der Waals surface area contributed by atoms with Gasteiger partial charge in [-0.2, -0.15) is 0 Å². The number of amides is 1. The van der Waals surface area contributed by atoms with E-state index in [9.17, 15) is 4.79 Å². The molecule has 30 heavy (non-hydrogen) atoms. The van der Waals surface area contributed by atoms with E-state index in [1.165, 1.54) is 16.2 Å². The molecule has 0 spiro atoms. The van der Waals surface area contributed by atoms with E-state index in [-0.39, 0.29) is 18.3 Å². The van der Waals surface area contributed by atoms with Crippen LogP contribution in [0, 0.1) is 0 Å². The molecule has 0 aliphatic heterocycles. The minimum Gasteiger partial charge on any atom is -0.309 e. The van der Waals surface area contributed by atoms with E-state index < -0.39 is 0 Å². The van der Waals surface area contributed by atoms with E-state index in [0.717, 1.165) is 40.5 Å². The second-order valence-electron chi connectivity index (χ2n) is 7.05. The number of nitrogens with zero attached hydrogens (tertiary/aromatic N) is 3. The molecule has 3 rings (SSSR count). The summed E-state index contributed by atoms with van der Waals surface area (Å²) in [4.78, 5) is 22.9. The van der Waals surface area contributed by atoms with Crippen molar-refractivity contribution in [3.8, 4) is 0 Å². The summed E-state index contributed by atoms with van der Waals surface area (Å²) in [6.45, 7) is 1.60. The summed E-state index contributed by atoms with van der Waals surface area (Å²) in [6.07, 6.45) is 2.26. The highest BCUT2D eigenvalue weighted by Crippen LogP contribution is 2.33. The number of aromatic nitrogens is 1. The van der Waals surface area contributed by atoms with Gasteiger partial charge in [0, 0.05) is 17.9 Å². The number of rotatable bonds is 10. The van der Waals surface area contributed by atoms with Gasteiger partial charge in [-0.05, 0) is 63.5 Å². The van der Waals surface area contributed by atoms with Crippen LogP contribution in [-0.2, 0) is 4.79 Å². The van der Waals surface area contributed by atoms with Gasteiger partial charge in [-0.3, -0.25) is 9.69 Å². The zero-order valence-electron chi connectivity index (χ0n) is 17.2. The molecule has 3 aromatic rings. The number of para-hydroxylation sites is 1. The summed E-state index contributed by atoms with van der Waals surface area (Å²) in [5, 5.41) is 1.37. The van der Waals surface area contributed by atoms with Crippen LogP contribution in [0.4, 0.5) is 5.13 Å². The first-order valence-corrected chi connectivity index (χ1v) is 11.9. The fourth-order valence-electron chi connectivity index (χ4n) is 2.96. The van der Waals surface area contributed by atoms with Gasteiger partial charge in [-0.25, -0.2) is 4.98 Å². The smallest absolute Gasteiger partial charge is 0.228 e. The quantitative estimate of drug-likeness (QED) is 0.253. The van der Waals surface area contributed by atoms with Crippen LogP contribution in [0.5, 0.6) is 0 Å². The molecule has 1 aromatic heterocycles. The molecule has 0 N–H and O–H groups in total. The fourth-order valence-corrected chi connectivity index (χ4v) is 5.14. The lowest BCUT2D eigenvalue weighted by Crippen LogP contribution is -2.33. The standard InChI is InChI=1S/C22H26ClN3OS2.ClH/c1-25(2)14-8-15-26(22-24-21-18(23)11-6-12-19(21)29-22)20(27)13-7-16-28-17-9-4-3-5-10-17;/h3-6,9-12H,7-8,13-16H2,1-2H3;1H. The van der Waals surface area contributed by atoms with Crippen molar-refractivity contribution in [1.82, 2.24) is 9.88 Å². The largest absolute Gasteiger partial charge is 0.309 e. The van der Waals surface area contributed by atoms with Crippen molar-refractivity contribution >= 4 is 68.4 Å². The summed E-state index contributed by atoms with van der Waals surface area (Å²) >= 11 is 9.62. The van der Waals surface area contributed by atoms with Crippen LogP contribution in [0.3, 0.4) is 0 Å². The molecule has 0 aliphatic rings. The Hall–Kier alpha value is -1.31. The molecule has 2 aromatic carbocycles. The SMILES string of the molecule is CN(C)CCCN(C(=O)CCCSc1ccccc1)c1nc2c(Cl)cccc2s1.Cl. The van der Waals surface area contributed by atoms with Gasteiger partial charge in [0.05, 0.1) is 9.72 Å². The predicted molar refractivity (Wildman–Crippen MR) is 134 cm³/mol. The molecule has 8 heteroatoms. The van der Waals surface area contributed by atoms with Crippen LogP contribution in [0.2, 0.25) is 5.02 Å². The molecular weight excluding hydrogens is 457 g/mol. The zero-order chi connectivity index (χ0) is 20.6. The first-order valence-electron chi connectivity index (χ1n) is 9.72. The van der Waals surface area contributed by atoms with Crippen molar-refractivity contribution in [1.29, 1.82) is 0 Å². The van der Waals surface area contributed by atoms with Gasteiger partial charge in [0.2, 0.25) is 5.91 Å². The Morgan fingerprint density at radius 3 is 2.53 bits per heavy atom. The summed E-state index contributed by atoms with van der Waals surface area (Å²) in [6, 6.07) is 16.1. The van der Waals surface area contributed by atoms with E-state index in [2.05, 4.69) is 22.0 Å². The van der Waals surface area contributed by atoms with Gasteiger partial charge in [0.15, 0.2) is 5.13 Å². The van der Waals surface area contributed by atoms with Crippen molar-refractivity contribution in [2.75, 3.05) is 37.8 Å². The first kappa shape index (κ1) is 25.0. The van der Waals surface area contributed by atoms with Crippen molar-refractivity contribution in [3.63, 3.8) is 0 Å². The highest BCUT2D eigenvalue weighted by molar-refractivity contribution is 7.99. The Kier molecular flexibility index (Phi) is 10.4.